The van der Waals surface area contributed by atoms with Crippen LogP contribution in [0.2, 0.25) is 0 Å². The number of carboxylic acid groups (broad SMARTS) is 1. The molecule has 0 aliphatic carbocycles. The van der Waals surface area contributed by atoms with Crippen molar-refractivity contribution in [3.05, 3.63) is 53.6 Å². The number of methoxy groups -OCH3 is 2. The Kier molecular flexibility index (Phi) is 17.2. The lowest BCUT2D eigenvalue weighted by Gasteiger charge is -2.43. The number of benzene rings is 2. The number of carbonyl (C=O) groups is 1. The fourth-order valence-electron chi connectivity index (χ4n) is 6.87. The molecular weight excluding hydrogens is 675 g/mol. The van der Waals surface area contributed by atoms with Crippen LogP contribution in [0.15, 0.2) is 42.5 Å². The predicted molar refractivity (Wildman–Crippen MR) is 182 cm³/mol. The van der Waals surface area contributed by atoms with E-state index in [0.29, 0.717) is 38.0 Å². The van der Waals surface area contributed by atoms with Gasteiger partial charge in [-0.1, -0.05) is 89.3 Å². The van der Waals surface area contributed by atoms with E-state index in [0.717, 1.165) is 68.4 Å². The summed E-state index contributed by atoms with van der Waals surface area (Å²) < 4.78 is 90.6. The topological polar surface area (TPSA) is 86.3 Å². The van der Waals surface area contributed by atoms with Crippen LogP contribution in [0.5, 0.6) is 17.2 Å². The van der Waals surface area contributed by atoms with Crippen molar-refractivity contribution in [2.75, 3.05) is 34.4 Å². The number of aliphatic carboxylic acids is 1. The maximum Gasteiger partial charge on any atom is 0.453 e. The lowest BCUT2D eigenvalue weighted by atomic mass is 9.66. The maximum absolute atomic E-state index is 13.0. The van der Waals surface area contributed by atoms with E-state index in [9.17, 15) is 31.9 Å². The Labute approximate surface area is 299 Å². The van der Waals surface area contributed by atoms with Crippen LogP contribution in [-0.4, -0.2) is 52.5 Å². The first kappa shape index (κ1) is 42.3. The number of hydrogen-bond donors (Lipinski definition) is 0. The van der Waals surface area contributed by atoms with Gasteiger partial charge in [0.25, 0.3) is 0 Å². The standard InChI is InChI=1S/C39H55F5O7/c1-37(30-18-20-31(21-19-30)50-27-47-2)26-49-35-25-32(51-28-48-3)22-23-33(35)34(37)17-13-8-6-4-5-7-11-15-29(36(45)46)16-12-9-10-14-24-38(40,41)39(42,43)44/h18-23,25,29,34H,4-17,24,26-28H2,1-3H3,(H,45,46)/p-1. The van der Waals surface area contributed by atoms with Gasteiger partial charge in [-0.2, -0.15) is 22.0 Å². The molecule has 2 aromatic rings. The second-order valence-electron chi connectivity index (χ2n) is 13.8. The molecule has 0 fully saturated rings. The summed E-state index contributed by atoms with van der Waals surface area (Å²) in [6, 6.07) is 14.1. The van der Waals surface area contributed by atoms with E-state index in [1.807, 2.05) is 24.3 Å². The van der Waals surface area contributed by atoms with Gasteiger partial charge in [0.1, 0.15) is 17.2 Å². The van der Waals surface area contributed by atoms with Crippen molar-refractivity contribution in [2.45, 2.75) is 127 Å². The lowest BCUT2D eigenvalue weighted by Crippen LogP contribution is -2.40. The Morgan fingerprint density at radius 1 is 0.804 bits per heavy atom. The van der Waals surface area contributed by atoms with Gasteiger partial charge in [0.15, 0.2) is 13.6 Å². The molecule has 3 rings (SSSR count). The molecule has 0 N–H and O–H groups in total. The summed E-state index contributed by atoms with van der Waals surface area (Å²) in [5.41, 5.74) is 2.06. The minimum Gasteiger partial charge on any atom is -0.550 e. The zero-order valence-electron chi connectivity index (χ0n) is 30.2. The second kappa shape index (κ2) is 20.8. The first-order valence-electron chi connectivity index (χ1n) is 18.1. The summed E-state index contributed by atoms with van der Waals surface area (Å²) in [6.45, 7) is 3.10. The fourth-order valence-corrected chi connectivity index (χ4v) is 6.87. The molecule has 0 bridgehead atoms. The number of alkyl halides is 5. The van der Waals surface area contributed by atoms with E-state index in [-0.39, 0.29) is 37.8 Å². The largest absolute Gasteiger partial charge is 0.550 e. The maximum atomic E-state index is 13.0. The van der Waals surface area contributed by atoms with E-state index >= 15 is 0 Å². The number of unbranched alkanes of at least 4 members (excludes halogenated alkanes) is 9. The van der Waals surface area contributed by atoms with Crippen LogP contribution < -0.4 is 19.3 Å². The highest BCUT2D eigenvalue weighted by Crippen LogP contribution is 2.50. The molecule has 0 saturated carbocycles. The van der Waals surface area contributed by atoms with Crippen molar-refractivity contribution in [3.63, 3.8) is 0 Å². The van der Waals surface area contributed by atoms with Gasteiger partial charge in [-0.3, -0.25) is 0 Å². The zero-order chi connectivity index (χ0) is 37.3. The van der Waals surface area contributed by atoms with Crippen LogP contribution in [0.3, 0.4) is 0 Å². The van der Waals surface area contributed by atoms with Gasteiger partial charge < -0.3 is 33.6 Å². The summed E-state index contributed by atoms with van der Waals surface area (Å²) in [6.07, 6.45) is 2.72. The quantitative estimate of drug-likeness (QED) is 0.0572. The molecule has 0 saturated heterocycles. The highest BCUT2D eigenvalue weighted by Gasteiger charge is 2.56. The van der Waals surface area contributed by atoms with Gasteiger partial charge in [-0.05, 0) is 60.9 Å². The third-order valence-corrected chi connectivity index (χ3v) is 9.94. The number of ether oxygens (including phenoxy) is 5. The number of hydrogen-bond acceptors (Lipinski definition) is 7. The molecule has 0 aromatic heterocycles. The number of halogens is 5. The smallest absolute Gasteiger partial charge is 0.453 e. The van der Waals surface area contributed by atoms with Crippen molar-refractivity contribution in [3.8, 4) is 17.2 Å². The molecule has 1 aliphatic rings. The average molecular weight is 730 g/mol. The molecule has 288 valence electrons. The molecule has 1 heterocycles. The molecule has 3 atom stereocenters. The van der Waals surface area contributed by atoms with Gasteiger partial charge in [-0.15, -0.1) is 0 Å². The normalized spacial score (nSPS) is 18.2. The van der Waals surface area contributed by atoms with E-state index in [1.54, 1.807) is 14.2 Å². The van der Waals surface area contributed by atoms with Crippen molar-refractivity contribution in [1.82, 2.24) is 0 Å². The monoisotopic (exact) mass is 729 g/mol. The Bertz CT molecular complexity index is 1300. The fraction of sp³-hybridized carbons (Fsp3) is 0.667. The molecule has 3 unspecified atom stereocenters. The molecule has 0 radical (unpaired) electrons. The molecule has 0 spiro atoms. The van der Waals surface area contributed by atoms with Crippen LogP contribution in [0, 0.1) is 5.92 Å². The molecule has 0 amide bonds. The van der Waals surface area contributed by atoms with Crippen molar-refractivity contribution in [2.24, 2.45) is 5.92 Å². The lowest BCUT2D eigenvalue weighted by molar-refractivity contribution is -0.312. The van der Waals surface area contributed by atoms with Crippen LogP contribution in [0.25, 0.3) is 0 Å². The Hall–Kier alpha value is -3.12. The number of carboxylic acids is 1. The number of rotatable bonds is 25. The summed E-state index contributed by atoms with van der Waals surface area (Å²) in [7, 11) is 3.16. The predicted octanol–water partition coefficient (Wildman–Crippen LogP) is 9.50. The van der Waals surface area contributed by atoms with E-state index in [4.69, 9.17) is 23.7 Å². The molecule has 12 heteroatoms. The third kappa shape index (κ3) is 13.1. The Balaban J connectivity index is 1.43. The van der Waals surface area contributed by atoms with Crippen LogP contribution in [-0.2, 0) is 19.7 Å². The average Bonchev–Trinajstić information content (AvgIpc) is 3.09. The van der Waals surface area contributed by atoms with Gasteiger partial charge in [0.05, 0.1) is 6.61 Å². The third-order valence-electron chi connectivity index (χ3n) is 9.94. The summed E-state index contributed by atoms with van der Waals surface area (Å²) in [5.74, 6) is -3.97. The van der Waals surface area contributed by atoms with E-state index < -0.39 is 30.4 Å². The van der Waals surface area contributed by atoms with Crippen molar-refractivity contribution < 1.29 is 55.5 Å². The van der Waals surface area contributed by atoms with Crippen LogP contribution in [0.4, 0.5) is 22.0 Å². The van der Waals surface area contributed by atoms with Crippen LogP contribution in [0.1, 0.15) is 120 Å². The first-order valence-corrected chi connectivity index (χ1v) is 18.1. The minimum atomic E-state index is -5.53. The molecular formula is C39H54F5O7-. The Morgan fingerprint density at radius 2 is 1.33 bits per heavy atom. The van der Waals surface area contributed by atoms with Crippen molar-refractivity contribution in [1.29, 1.82) is 0 Å². The molecule has 1 aliphatic heterocycles. The van der Waals surface area contributed by atoms with Gasteiger partial charge in [-0.25, -0.2) is 0 Å². The van der Waals surface area contributed by atoms with Gasteiger partial charge >= 0.3 is 12.1 Å². The first-order chi connectivity index (χ1) is 24.3. The van der Waals surface area contributed by atoms with Crippen LogP contribution >= 0.6 is 0 Å². The summed E-state index contributed by atoms with van der Waals surface area (Å²) >= 11 is 0. The van der Waals surface area contributed by atoms with Crippen molar-refractivity contribution >= 4 is 5.97 Å². The molecule has 2 aromatic carbocycles. The second-order valence-corrected chi connectivity index (χ2v) is 13.8. The zero-order valence-corrected chi connectivity index (χ0v) is 30.2. The summed E-state index contributed by atoms with van der Waals surface area (Å²) in [4.78, 5) is 11.6. The molecule has 7 nitrogen and oxygen atoms in total. The highest BCUT2D eigenvalue weighted by molar-refractivity contribution is 5.67. The van der Waals surface area contributed by atoms with Gasteiger partial charge in [0.2, 0.25) is 0 Å². The minimum absolute atomic E-state index is 0.154. The van der Waals surface area contributed by atoms with E-state index in [2.05, 4.69) is 25.1 Å². The number of carbonyl (C=O) groups excluding carboxylic acids is 1. The Morgan fingerprint density at radius 3 is 1.90 bits per heavy atom. The summed E-state index contributed by atoms with van der Waals surface area (Å²) in [5, 5.41) is 11.6. The highest BCUT2D eigenvalue weighted by atomic mass is 19.4. The van der Waals surface area contributed by atoms with Gasteiger partial charge in [0, 0.05) is 44.0 Å². The SMILES string of the molecule is COCOc1ccc(C2(C)COc3cc(OCOC)ccc3C2CCCCCCCCCC(CCCCCCC(F)(F)C(F)(F)F)C(=O)[O-])cc1. The number of fused-ring (bicyclic) bond motifs is 1. The van der Waals surface area contributed by atoms with E-state index in [1.165, 1.54) is 5.56 Å². The molecule has 51 heavy (non-hydrogen) atoms.